The summed E-state index contributed by atoms with van der Waals surface area (Å²) in [5.74, 6) is -0.294. The highest BCUT2D eigenvalue weighted by molar-refractivity contribution is 5.72. The standard InChI is InChI=1S/C4H9NO.C2H5NO/c1-3-5-4(2)6;1-2(3)4/h3H2,1-2H3,(H,5,6);1H3,(H2,3,4). The zero-order valence-corrected chi connectivity index (χ0v) is 6.60. The summed E-state index contributed by atoms with van der Waals surface area (Å²) in [4.78, 5) is 19.2. The van der Waals surface area contributed by atoms with Crippen LogP contribution in [0.5, 0.6) is 0 Å². The third-order valence-electron chi connectivity index (χ3n) is 0.426. The Balaban J connectivity index is 0. The molecular weight excluding hydrogens is 132 g/mol. The van der Waals surface area contributed by atoms with Crippen molar-refractivity contribution < 1.29 is 9.59 Å². The van der Waals surface area contributed by atoms with Gasteiger partial charge in [-0.1, -0.05) is 0 Å². The second kappa shape index (κ2) is 7.94. The fourth-order valence-corrected chi connectivity index (χ4v) is 0.249. The van der Waals surface area contributed by atoms with E-state index in [1.807, 2.05) is 6.92 Å². The summed E-state index contributed by atoms with van der Waals surface area (Å²) in [5.41, 5.74) is 4.47. The predicted molar refractivity (Wildman–Crippen MR) is 39.2 cm³/mol. The SMILES string of the molecule is CC(N)=O.CCNC(C)=O. The van der Waals surface area contributed by atoms with E-state index < -0.39 is 0 Å². The Morgan fingerprint density at radius 3 is 1.70 bits per heavy atom. The minimum absolute atomic E-state index is 0.0394. The van der Waals surface area contributed by atoms with E-state index in [1.54, 1.807) is 0 Å². The molecule has 0 radical (unpaired) electrons. The number of carbonyl (C=O) groups excluding carboxylic acids is 2. The van der Waals surface area contributed by atoms with Gasteiger partial charge < -0.3 is 11.1 Å². The Morgan fingerprint density at radius 2 is 1.70 bits per heavy atom. The van der Waals surface area contributed by atoms with Gasteiger partial charge >= 0.3 is 0 Å². The summed E-state index contributed by atoms with van der Waals surface area (Å²) in [5, 5.41) is 2.57. The van der Waals surface area contributed by atoms with Crippen molar-refractivity contribution in [1.29, 1.82) is 0 Å². The highest BCUT2D eigenvalue weighted by atomic mass is 16.1. The second-order valence-electron chi connectivity index (χ2n) is 1.70. The van der Waals surface area contributed by atoms with E-state index in [4.69, 9.17) is 0 Å². The number of primary amides is 1. The molecule has 4 nitrogen and oxygen atoms in total. The van der Waals surface area contributed by atoms with Crippen molar-refractivity contribution >= 4 is 11.8 Å². The Kier molecular flexibility index (Phi) is 9.29. The van der Waals surface area contributed by atoms with Crippen molar-refractivity contribution in [2.24, 2.45) is 5.73 Å². The molecule has 0 aromatic rings. The van der Waals surface area contributed by atoms with Gasteiger partial charge in [0.1, 0.15) is 0 Å². The van der Waals surface area contributed by atoms with Crippen LogP contribution in [0.15, 0.2) is 0 Å². The Bertz CT molecular complexity index is 108. The van der Waals surface area contributed by atoms with Crippen LogP contribution in [-0.4, -0.2) is 18.4 Å². The molecule has 0 fully saturated rings. The molecule has 2 amide bonds. The normalized spacial score (nSPS) is 7.10. The molecule has 4 heteroatoms. The lowest BCUT2D eigenvalue weighted by molar-refractivity contribution is -0.119. The average molecular weight is 146 g/mol. The van der Waals surface area contributed by atoms with E-state index in [0.717, 1.165) is 6.54 Å². The zero-order chi connectivity index (χ0) is 8.57. The molecule has 0 unspecified atom stereocenters. The first kappa shape index (κ1) is 11.7. The summed E-state index contributed by atoms with van der Waals surface area (Å²) >= 11 is 0. The molecule has 3 N–H and O–H groups in total. The summed E-state index contributed by atoms with van der Waals surface area (Å²) in [6.45, 7) is 5.43. The van der Waals surface area contributed by atoms with Gasteiger partial charge in [-0.3, -0.25) is 9.59 Å². The first-order chi connectivity index (χ1) is 4.50. The summed E-state index contributed by atoms with van der Waals surface area (Å²) < 4.78 is 0. The molecule has 0 heterocycles. The van der Waals surface area contributed by atoms with Crippen LogP contribution in [-0.2, 0) is 9.59 Å². The van der Waals surface area contributed by atoms with E-state index in [2.05, 4.69) is 11.1 Å². The van der Waals surface area contributed by atoms with Crippen LogP contribution in [0.1, 0.15) is 20.8 Å². The third-order valence-corrected chi connectivity index (χ3v) is 0.426. The number of amides is 2. The van der Waals surface area contributed by atoms with Gasteiger partial charge in [-0.15, -0.1) is 0 Å². The quantitative estimate of drug-likeness (QED) is 0.530. The molecule has 0 rings (SSSR count). The molecule has 0 aliphatic rings. The van der Waals surface area contributed by atoms with Crippen LogP contribution >= 0.6 is 0 Å². The largest absolute Gasteiger partial charge is 0.370 e. The first-order valence-electron chi connectivity index (χ1n) is 3.01. The van der Waals surface area contributed by atoms with Gasteiger partial charge in [0.25, 0.3) is 0 Å². The van der Waals surface area contributed by atoms with Gasteiger partial charge in [-0.05, 0) is 6.92 Å². The molecule has 0 aromatic heterocycles. The lowest BCUT2D eigenvalue weighted by Crippen LogP contribution is -2.18. The number of hydrogen-bond acceptors (Lipinski definition) is 2. The van der Waals surface area contributed by atoms with Gasteiger partial charge in [0.2, 0.25) is 11.8 Å². The molecule has 0 saturated carbocycles. The fourth-order valence-electron chi connectivity index (χ4n) is 0.249. The van der Waals surface area contributed by atoms with Crippen LogP contribution < -0.4 is 11.1 Å². The smallest absolute Gasteiger partial charge is 0.216 e. The number of nitrogens with one attached hydrogen (secondary N) is 1. The molecule has 0 spiro atoms. The average Bonchev–Trinajstić information content (AvgIpc) is 1.62. The lowest BCUT2D eigenvalue weighted by Gasteiger charge is -1.88. The lowest BCUT2D eigenvalue weighted by atomic mass is 10.6. The predicted octanol–water partition coefficient (Wildman–Crippen LogP) is -0.366. The van der Waals surface area contributed by atoms with Crippen LogP contribution in [0, 0.1) is 0 Å². The number of rotatable bonds is 1. The monoisotopic (exact) mass is 146 g/mol. The van der Waals surface area contributed by atoms with E-state index in [9.17, 15) is 9.59 Å². The molecule has 60 valence electrons. The highest BCUT2D eigenvalue weighted by Crippen LogP contribution is 1.54. The topological polar surface area (TPSA) is 72.2 Å². The van der Waals surface area contributed by atoms with Crippen molar-refractivity contribution in [2.45, 2.75) is 20.8 Å². The maximum Gasteiger partial charge on any atom is 0.216 e. The Morgan fingerprint density at radius 1 is 1.40 bits per heavy atom. The molecule has 0 bridgehead atoms. The minimum atomic E-state index is -0.333. The first-order valence-corrected chi connectivity index (χ1v) is 3.01. The number of nitrogens with two attached hydrogens (primary N) is 1. The van der Waals surface area contributed by atoms with Crippen LogP contribution in [0.25, 0.3) is 0 Å². The van der Waals surface area contributed by atoms with Crippen LogP contribution in [0.2, 0.25) is 0 Å². The van der Waals surface area contributed by atoms with Crippen molar-refractivity contribution in [1.82, 2.24) is 5.32 Å². The van der Waals surface area contributed by atoms with E-state index >= 15 is 0 Å². The van der Waals surface area contributed by atoms with E-state index in [0.29, 0.717) is 0 Å². The van der Waals surface area contributed by atoms with E-state index in [1.165, 1.54) is 13.8 Å². The molecular formula is C6H14N2O2. The zero-order valence-electron chi connectivity index (χ0n) is 6.60. The maximum atomic E-state index is 9.93. The number of carbonyl (C=O) groups is 2. The third kappa shape index (κ3) is 65.1. The maximum absolute atomic E-state index is 9.93. The van der Waals surface area contributed by atoms with Crippen molar-refractivity contribution in [3.05, 3.63) is 0 Å². The van der Waals surface area contributed by atoms with Crippen molar-refractivity contribution in [3.63, 3.8) is 0 Å². The molecule has 0 aliphatic heterocycles. The summed E-state index contributed by atoms with van der Waals surface area (Å²) in [7, 11) is 0. The fraction of sp³-hybridized carbons (Fsp3) is 0.667. The number of hydrogen-bond donors (Lipinski definition) is 2. The summed E-state index contributed by atoms with van der Waals surface area (Å²) in [6, 6.07) is 0. The molecule has 0 saturated heterocycles. The van der Waals surface area contributed by atoms with Gasteiger partial charge in [0.15, 0.2) is 0 Å². The minimum Gasteiger partial charge on any atom is -0.370 e. The Labute approximate surface area is 60.8 Å². The van der Waals surface area contributed by atoms with Crippen LogP contribution in [0.3, 0.4) is 0 Å². The molecule has 10 heavy (non-hydrogen) atoms. The van der Waals surface area contributed by atoms with Gasteiger partial charge in [0, 0.05) is 20.4 Å². The molecule has 0 aliphatic carbocycles. The summed E-state index contributed by atoms with van der Waals surface area (Å²) in [6.07, 6.45) is 0. The molecule has 0 atom stereocenters. The second-order valence-corrected chi connectivity index (χ2v) is 1.70. The van der Waals surface area contributed by atoms with Gasteiger partial charge in [-0.25, -0.2) is 0 Å². The highest BCUT2D eigenvalue weighted by Gasteiger charge is 1.78. The van der Waals surface area contributed by atoms with Gasteiger partial charge in [0.05, 0.1) is 0 Å². The van der Waals surface area contributed by atoms with Crippen molar-refractivity contribution in [3.8, 4) is 0 Å². The Hall–Kier alpha value is -1.06. The molecule has 0 aromatic carbocycles. The van der Waals surface area contributed by atoms with Crippen molar-refractivity contribution in [2.75, 3.05) is 6.54 Å². The van der Waals surface area contributed by atoms with Crippen LogP contribution in [0.4, 0.5) is 0 Å². The van der Waals surface area contributed by atoms with E-state index in [-0.39, 0.29) is 11.8 Å². The van der Waals surface area contributed by atoms with Gasteiger partial charge in [-0.2, -0.15) is 0 Å².